The highest BCUT2D eigenvalue weighted by atomic mass is 16.3. The number of amides is 1. The lowest BCUT2D eigenvalue weighted by Gasteiger charge is -2.36. The van der Waals surface area contributed by atoms with Gasteiger partial charge in [-0.1, -0.05) is 0 Å². The average molecular weight is 299 g/mol. The summed E-state index contributed by atoms with van der Waals surface area (Å²) < 4.78 is 1.86. The van der Waals surface area contributed by atoms with Crippen LogP contribution in [0.5, 0.6) is 0 Å². The van der Waals surface area contributed by atoms with E-state index in [1.165, 1.54) is 0 Å². The van der Waals surface area contributed by atoms with Gasteiger partial charge in [0.05, 0.1) is 17.0 Å². The van der Waals surface area contributed by atoms with Crippen LogP contribution in [-0.4, -0.2) is 32.9 Å². The number of aliphatic hydroxyl groups is 1. The van der Waals surface area contributed by atoms with Crippen molar-refractivity contribution < 1.29 is 9.90 Å². The van der Waals surface area contributed by atoms with Gasteiger partial charge in [-0.2, -0.15) is 5.10 Å². The van der Waals surface area contributed by atoms with Crippen LogP contribution in [0, 0.1) is 13.8 Å². The lowest BCUT2D eigenvalue weighted by atomic mass is 9.80. The minimum Gasteiger partial charge on any atom is -0.388 e. The Morgan fingerprint density at radius 2 is 2.00 bits per heavy atom. The summed E-state index contributed by atoms with van der Waals surface area (Å²) in [6.45, 7) is 4.28. The quantitative estimate of drug-likeness (QED) is 0.909. The summed E-state index contributed by atoms with van der Waals surface area (Å²) in [5.74, 6) is -0.153. The number of aryl methyl sites for hydroxylation is 2. The van der Waals surface area contributed by atoms with E-state index in [1.54, 1.807) is 12.1 Å². The molecule has 1 aliphatic carbocycles. The summed E-state index contributed by atoms with van der Waals surface area (Å²) in [5, 5.41) is 17.2. The van der Waals surface area contributed by atoms with Crippen LogP contribution in [0.25, 0.3) is 5.69 Å². The minimum absolute atomic E-state index is 0.153. The summed E-state index contributed by atoms with van der Waals surface area (Å²) in [7, 11) is 0. The van der Waals surface area contributed by atoms with E-state index in [2.05, 4.69) is 10.4 Å². The number of aromatic nitrogens is 2. The molecule has 5 heteroatoms. The van der Waals surface area contributed by atoms with Gasteiger partial charge in [0.1, 0.15) is 0 Å². The zero-order valence-corrected chi connectivity index (χ0v) is 13.0. The summed E-state index contributed by atoms with van der Waals surface area (Å²) >= 11 is 0. The molecule has 2 aromatic rings. The third-order valence-corrected chi connectivity index (χ3v) is 4.25. The summed E-state index contributed by atoms with van der Waals surface area (Å²) in [5.41, 5.74) is 2.85. The number of nitrogens with zero attached hydrogens (tertiary/aromatic N) is 2. The Morgan fingerprint density at radius 1 is 1.32 bits per heavy atom. The molecule has 1 fully saturated rings. The Labute approximate surface area is 130 Å². The van der Waals surface area contributed by atoms with Gasteiger partial charge in [-0.15, -0.1) is 0 Å². The number of hydrogen-bond acceptors (Lipinski definition) is 3. The highest BCUT2D eigenvalue weighted by Gasteiger charge is 2.34. The molecule has 1 heterocycles. The van der Waals surface area contributed by atoms with Gasteiger partial charge in [0.25, 0.3) is 5.91 Å². The standard InChI is InChI=1S/C17H21N3O2/c1-12-10-13(2)20(19-12)15-6-4-14(5-7-15)16(21)18-11-17(22)8-3-9-17/h4-7,10,22H,3,8-9,11H2,1-2H3,(H,18,21). The first kappa shape index (κ1) is 14.8. The third-order valence-electron chi connectivity index (χ3n) is 4.25. The van der Waals surface area contributed by atoms with Gasteiger partial charge in [0.2, 0.25) is 0 Å². The number of carbonyl (C=O) groups excluding carboxylic acids is 1. The Balaban J connectivity index is 1.68. The van der Waals surface area contributed by atoms with Crippen LogP contribution in [0.1, 0.15) is 41.0 Å². The normalized spacial score (nSPS) is 16.1. The van der Waals surface area contributed by atoms with Crippen molar-refractivity contribution in [1.82, 2.24) is 15.1 Å². The molecule has 116 valence electrons. The van der Waals surface area contributed by atoms with Crippen molar-refractivity contribution in [3.8, 4) is 5.69 Å². The maximum Gasteiger partial charge on any atom is 0.251 e. The summed E-state index contributed by atoms with van der Waals surface area (Å²) in [4.78, 5) is 12.1. The number of carbonyl (C=O) groups is 1. The Morgan fingerprint density at radius 3 is 2.50 bits per heavy atom. The molecule has 1 aromatic carbocycles. The second kappa shape index (κ2) is 5.57. The monoisotopic (exact) mass is 299 g/mol. The maximum atomic E-state index is 12.1. The first-order valence-electron chi connectivity index (χ1n) is 7.61. The molecule has 0 radical (unpaired) electrons. The van der Waals surface area contributed by atoms with E-state index in [1.807, 2.05) is 36.7 Å². The Hall–Kier alpha value is -2.14. The van der Waals surface area contributed by atoms with E-state index < -0.39 is 5.60 Å². The van der Waals surface area contributed by atoms with Crippen LogP contribution in [0.3, 0.4) is 0 Å². The molecule has 3 rings (SSSR count). The van der Waals surface area contributed by atoms with Crippen molar-refractivity contribution in [3.05, 3.63) is 47.3 Å². The molecule has 0 atom stereocenters. The lowest BCUT2D eigenvalue weighted by molar-refractivity contribution is -0.0300. The van der Waals surface area contributed by atoms with Gasteiger partial charge >= 0.3 is 0 Å². The first-order valence-corrected chi connectivity index (χ1v) is 7.61. The predicted molar refractivity (Wildman–Crippen MR) is 84.2 cm³/mol. The van der Waals surface area contributed by atoms with Crippen molar-refractivity contribution >= 4 is 5.91 Å². The molecular weight excluding hydrogens is 278 g/mol. The SMILES string of the molecule is Cc1cc(C)n(-c2ccc(C(=O)NCC3(O)CCC3)cc2)n1. The maximum absolute atomic E-state index is 12.1. The highest BCUT2D eigenvalue weighted by molar-refractivity contribution is 5.94. The molecule has 1 amide bonds. The fourth-order valence-electron chi connectivity index (χ4n) is 2.75. The predicted octanol–water partition coefficient (Wildman–Crippen LogP) is 2.13. The van der Waals surface area contributed by atoms with Gasteiger partial charge in [-0.05, 0) is 63.4 Å². The second-order valence-corrected chi connectivity index (χ2v) is 6.15. The number of benzene rings is 1. The highest BCUT2D eigenvalue weighted by Crippen LogP contribution is 2.30. The average Bonchev–Trinajstić information content (AvgIpc) is 2.81. The molecule has 2 N–H and O–H groups in total. The van der Waals surface area contributed by atoms with Gasteiger partial charge < -0.3 is 10.4 Å². The van der Waals surface area contributed by atoms with Gasteiger partial charge in [-0.25, -0.2) is 4.68 Å². The van der Waals surface area contributed by atoms with Crippen LogP contribution >= 0.6 is 0 Å². The molecule has 0 unspecified atom stereocenters. The van der Waals surface area contributed by atoms with Crippen molar-refractivity contribution in [2.45, 2.75) is 38.7 Å². The van der Waals surface area contributed by atoms with Crippen molar-refractivity contribution in [2.24, 2.45) is 0 Å². The zero-order chi connectivity index (χ0) is 15.7. The van der Waals surface area contributed by atoms with Crippen LogP contribution in [0.15, 0.2) is 30.3 Å². The number of nitrogens with one attached hydrogen (secondary N) is 1. The molecule has 1 saturated carbocycles. The molecular formula is C17H21N3O2. The van der Waals surface area contributed by atoms with Crippen molar-refractivity contribution in [1.29, 1.82) is 0 Å². The van der Waals surface area contributed by atoms with E-state index >= 15 is 0 Å². The van der Waals surface area contributed by atoms with E-state index in [0.29, 0.717) is 12.1 Å². The van der Waals surface area contributed by atoms with E-state index in [-0.39, 0.29) is 5.91 Å². The molecule has 22 heavy (non-hydrogen) atoms. The Kier molecular flexibility index (Phi) is 3.74. The van der Waals surface area contributed by atoms with E-state index in [4.69, 9.17) is 0 Å². The molecule has 0 bridgehead atoms. The van der Waals surface area contributed by atoms with Crippen LogP contribution in [-0.2, 0) is 0 Å². The molecule has 0 saturated heterocycles. The molecule has 1 aromatic heterocycles. The van der Waals surface area contributed by atoms with Crippen LogP contribution in [0.4, 0.5) is 0 Å². The van der Waals surface area contributed by atoms with Gasteiger partial charge in [0, 0.05) is 17.8 Å². The zero-order valence-electron chi connectivity index (χ0n) is 13.0. The minimum atomic E-state index is -0.695. The second-order valence-electron chi connectivity index (χ2n) is 6.15. The Bertz CT molecular complexity index is 684. The fourth-order valence-corrected chi connectivity index (χ4v) is 2.75. The smallest absolute Gasteiger partial charge is 0.251 e. The third kappa shape index (κ3) is 2.90. The van der Waals surface area contributed by atoms with E-state index in [0.717, 1.165) is 36.3 Å². The van der Waals surface area contributed by atoms with Crippen LogP contribution in [0.2, 0.25) is 0 Å². The first-order chi connectivity index (χ1) is 10.5. The molecule has 5 nitrogen and oxygen atoms in total. The largest absolute Gasteiger partial charge is 0.388 e. The molecule has 1 aliphatic rings. The van der Waals surface area contributed by atoms with Crippen LogP contribution < -0.4 is 5.32 Å². The summed E-state index contributed by atoms with van der Waals surface area (Å²) in [6, 6.07) is 9.34. The topological polar surface area (TPSA) is 67.2 Å². The van der Waals surface area contributed by atoms with Gasteiger partial charge in [0.15, 0.2) is 0 Å². The van der Waals surface area contributed by atoms with Gasteiger partial charge in [-0.3, -0.25) is 4.79 Å². The van der Waals surface area contributed by atoms with Crippen molar-refractivity contribution in [2.75, 3.05) is 6.54 Å². The molecule has 0 spiro atoms. The van der Waals surface area contributed by atoms with E-state index in [9.17, 15) is 9.90 Å². The van der Waals surface area contributed by atoms with Crippen molar-refractivity contribution in [3.63, 3.8) is 0 Å². The number of rotatable bonds is 4. The number of hydrogen-bond donors (Lipinski definition) is 2. The fraction of sp³-hybridized carbons (Fsp3) is 0.412. The summed E-state index contributed by atoms with van der Waals surface area (Å²) in [6.07, 6.45) is 2.57. The molecule has 0 aliphatic heterocycles. The lowest BCUT2D eigenvalue weighted by Crippen LogP contribution is -2.47.